The monoisotopic (exact) mass is 372 g/mol. The fraction of sp³-hybridized carbons (Fsp3) is 0.308. The Kier molecular flexibility index (Phi) is 5.61. The quantitative estimate of drug-likeness (QED) is 0.509. The van der Waals surface area contributed by atoms with Crippen molar-refractivity contribution in [3.63, 3.8) is 0 Å². The lowest BCUT2D eigenvalue weighted by atomic mass is 9.80. The highest BCUT2D eigenvalue weighted by atomic mass is 16.6. The SMILES string of the molecule is CC1O[C@H](COC(c2ccccc2)(c2ccccc2)c2ccccc2)C[C@@H]1C. The van der Waals surface area contributed by atoms with Crippen molar-refractivity contribution in [1.82, 2.24) is 0 Å². The third-order valence-corrected chi connectivity index (χ3v) is 5.87. The Balaban J connectivity index is 1.79. The third-order valence-electron chi connectivity index (χ3n) is 5.87. The van der Waals surface area contributed by atoms with Gasteiger partial charge in [0.15, 0.2) is 0 Å². The molecular weight excluding hydrogens is 344 g/mol. The summed E-state index contributed by atoms with van der Waals surface area (Å²) in [7, 11) is 0. The summed E-state index contributed by atoms with van der Waals surface area (Å²) in [6, 6.07) is 31.5. The number of hydrogen-bond acceptors (Lipinski definition) is 2. The summed E-state index contributed by atoms with van der Waals surface area (Å²) >= 11 is 0. The van der Waals surface area contributed by atoms with E-state index in [1.807, 2.05) is 18.2 Å². The van der Waals surface area contributed by atoms with E-state index >= 15 is 0 Å². The van der Waals surface area contributed by atoms with Gasteiger partial charge in [-0.25, -0.2) is 0 Å². The topological polar surface area (TPSA) is 18.5 Å². The number of ether oxygens (including phenoxy) is 2. The molecule has 2 nitrogen and oxygen atoms in total. The lowest BCUT2D eigenvalue weighted by Gasteiger charge is -2.36. The van der Waals surface area contributed by atoms with Crippen LogP contribution in [0, 0.1) is 5.92 Å². The molecule has 1 aliphatic rings. The minimum Gasteiger partial charge on any atom is -0.373 e. The molecule has 3 aromatic rings. The van der Waals surface area contributed by atoms with Gasteiger partial charge in [-0.3, -0.25) is 0 Å². The van der Waals surface area contributed by atoms with E-state index in [1.54, 1.807) is 0 Å². The molecule has 1 aliphatic heterocycles. The van der Waals surface area contributed by atoms with Gasteiger partial charge in [-0.1, -0.05) is 97.9 Å². The van der Waals surface area contributed by atoms with E-state index < -0.39 is 5.60 Å². The van der Waals surface area contributed by atoms with Crippen LogP contribution >= 0.6 is 0 Å². The van der Waals surface area contributed by atoms with E-state index in [9.17, 15) is 0 Å². The first kappa shape index (κ1) is 18.9. The Bertz CT molecular complexity index is 754. The lowest BCUT2D eigenvalue weighted by Crippen LogP contribution is -2.35. The molecule has 2 heteroatoms. The van der Waals surface area contributed by atoms with Crippen LogP contribution in [-0.4, -0.2) is 18.8 Å². The van der Waals surface area contributed by atoms with E-state index in [-0.39, 0.29) is 12.2 Å². The fourth-order valence-corrected chi connectivity index (χ4v) is 4.19. The lowest BCUT2D eigenvalue weighted by molar-refractivity contribution is -0.0596. The van der Waals surface area contributed by atoms with Crippen molar-refractivity contribution in [3.05, 3.63) is 108 Å². The first-order chi connectivity index (χ1) is 13.7. The van der Waals surface area contributed by atoms with E-state index in [1.165, 1.54) is 0 Å². The molecule has 1 unspecified atom stereocenters. The van der Waals surface area contributed by atoms with Crippen molar-refractivity contribution >= 4 is 0 Å². The largest absolute Gasteiger partial charge is 0.373 e. The second-order valence-corrected chi connectivity index (χ2v) is 7.77. The molecule has 0 aromatic heterocycles. The minimum absolute atomic E-state index is 0.125. The summed E-state index contributed by atoms with van der Waals surface area (Å²) < 4.78 is 13.0. The van der Waals surface area contributed by atoms with E-state index in [0.717, 1.165) is 23.1 Å². The summed E-state index contributed by atoms with van der Waals surface area (Å²) in [6.45, 7) is 4.97. The molecule has 28 heavy (non-hydrogen) atoms. The van der Waals surface area contributed by atoms with Gasteiger partial charge in [0.2, 0.25) is 0 Å². The van der Waals surface area contributed by atoms with Crippen LogP contribution in [0.4, 0.5) is 0 Å². The standard InChI is InChI=1S/C26H28O2/c1-20-18-25(28-21(20)2)19-27-26(22-12-6-3-7-13-22,23-14-8-4-9-15-23)24-16-10-5-11-17-24/h3-17,20-21,25H,18-19H2,1-2H3/t20-,21?,25-/m0/s1. The van der Waals surface area contributed by atoms with Crippen LogP contribution in [0.5, 0.6) is 0 Å². The van der Waals surface area contributed by atoms with Gasteiger partial charge in [0.05, 0.1) is 18.8 Å². The molecule has 1 saturated heterocycles. The summed E-state index contributed by atoms with van der Waals surface area (Å²) in [4.78, 5) is 0. The predicted octanol–water partition coefficient (Wildman–Crippen LogP) is 5.81. The van der Waals surface area contributed by atoms with Crippen molar-refractivity contribution in [3.8, 4) is 0 Å². The first-order valence-corrected chi connectivity index (χ1v) is 10.2. The Labute approximate surface area is 168 Å². The molecule has 1 fully saturated rings. The second-order valence-electron chi connectivity index (χ2n) is 7.77. The third kappa shape index (κ3) is 3.63. The molecule has 0 N–H and O–H groups in total. The molecule has 0 radical (unpaired) electrons. The van der Waals surface area contributed by atoms with Crippen LogP contribution in [-0.2, 0) is 15.1 Å². The Hall–Kier alpha value is -2.42. The van der Waals surface area contributed by atoms with Crippen molar-refractivity contribution in [2.75, 3.05) is 6.61 Å². The smallest absolute Gasteiger partial charge is 0.143 e. The highest BCUT2D eigenvalue weighted by molar-refractivity contribution is 5.47. The predicted molar refractivity (Wildman–Crippen MR) is 113 cm³/mol. The van der Waals surface area contributed by atoms with Crippen LogP contribution in [0.25, 0.3) is 0 Å². The number of hydrogen-bond donors (Lipinski definition) is 0. The normalized spacial score (nSPS) is 22.3. The zero-order chi connectivity index (χ0) is 19.4. The molecule has 1 heterocycles. The Morgan fingerprint density at radius 3 is 1.54 bits per heavy atom. The van der Waals surface area contributed by atoms with Crippen LogP contribution in [0.2, 0.25) is 0 Å². The summed E-state index contributed by atoms with van der Waals surface area (Å²) in [6.07, 6.45) is 1.45. The van der Waals surface area contributed by atoms with Gasteiger partial charge >= 0.3 is 0 Å². The molecule has 0 saturated carbocycles. The van der Waals surface area contributed by atoms with Crippen LogP contribution < -0.4 is 0 Å². The molecular formula is C26H28O2. The highest BCUT2D eigenvalue weighted by Gasteiger charge is 2.39. The van der Waals surface area contributed by atoms with Gasteiger partial charge in [-0.2, -0.15) is 0 Å². The molecule has 144 valence electrons. The van der Waals surface area contributed by atoms with Crippen LogP contribution in [0.1, 0.15) is 37.0 Å². The first-order valence-electron chi connectivity index (χ1n) is 10.2. The van der Waals surface area contributed by atoms with Crippen molar-refractivity contribution in [2.24, 2.45) is 5.92 Å². The number of rotatable bonds is 6. The Morgan fingerprint density at radius 2 is 1.18 bits per heavy atom. The van der Waals surface area contributed by atoms with Crippen LogP contribution in [0.15, 0.2) is 91.0 Å². The van der Waals surface area contributed by atoms with Gasteiger partial charge in [-0.15, -0.1) is 0 Å². The maximum absolute atomic E-state index is 6.84. The average Bonchev–Trinajstić information content (AvgIpc) is 3.08. The van der Waals surface area contributed by atoms with Gasteiger partial charge in [0.1, 0.15) is 5.60 Å². The number of benzene rings is 3. The molecule has 3 aromatic carbocycles. The van der Waals surface area contributed by atoms with Crippen molar-refractivity contribution in [2.45, 2.75) is 38.1 Å². The van der Waals surface area contributed by atoms with Crippen molar-refractivity contribution < 1.29 is 9.47 Å². The highest BCUT2D eigenvalue weighted by Crippen LogP contribution is 2.41. The molecule has 3 atom stereocenters. The molecule has 0 spiro atoms. The second kappa shape index (κ2) is 8.30. The van der Waals surface area contributed by atoms with Gasteiger partial charge in [0, 0.05) is 0 Å². The molecule has 0 aliphatic carbocycles. The minimum atomic E-state index is -0.664. The summed E-state index contributed by atoms with van der Waals surface area (Å²) in [5.74, 6) is 0.563. The summed E-state index contributed by atoms with van der Waals surface area (Å²) in [5.41, 5.74) is 2.73. The Morgan fingerprint density at radius 1 is 0.750 bits per heavy atom. The van der Waals surface area contributed by atoms with E-state index in [0.29, 0.717) is 12.5 Å². The van der Waals surface area contributed by atoms with E-state index in [4.69, 9.17) is 9.47 Å². The van der Waals surface area contributed by atoms with Crippen LogP contribution in [0.3, 0.4) is 0 Å². The zero-order valence-corrected chi connectivity index (χ0v) is 16.6. The molecule has 0 amide bonds. The molecule has 4 rings (SSSR count). The fourth-order valence-electron chi connectivity index (χ4n) is 4.19. The van der Waals surface area contributed by atoms with E-state index in [2.05, 4.69) is 86.6 Å². The zero-order valence-electron chi connectivity index (χ0n) is 16.6. The maximum atomic E-state index is 6.84. The average molecular weight is 373 g/mol. The maximum Gasteiger partial charge on any atom is 0.143 e. The van der Waals surface area contributed by atoms with Crippen molar-refractivity contribution in [1.29, 1.82) is 0 Å². The van der Waals surface area contributed by atoms with Gasteiger partial charge in [-0.05, 0) is 36.0 Å². The summed E-state index contributed by atoms with van der Waals surface area (Å²) in [5, 5.41) is 0. The van der Waals surface area contributed by atoms with Gasteiger partial charge < -0.3 is 9.47 Å². The molecule has 0 bridgehead atoms. The van der Waals surface area contributed by atoms with Gasteiger partial charge in [0.25, 0.3) is 0 Å².